The standard InChI is InChI=1S/C61H113NO8/c1-3-5-7-9-11-13-15-17-19-20-21-22-23-24-25-26-27-28-29-30-31-32-33-34-35-36-37-39-41-43-45-47-49-51-57(65)62-54(53-69-61-60(68)59(67)58(66)56(52-63)70-61)55(64)50-48-46-44-42-40-38-18-16-14-12-10-8-6-4-2/h14,16,24-25,40,42,48,50,54-56,58-61,63-64,66-68H,3-13,15,17-23,26-39,41,43-47,49,51-53H2,1-2H3,(H,62,65)/b16-14+,25-24-,42-40+,50-48+. The molecule has 7 atom stereocenters. The van der Waals surface area contributed by atoms with Crippen molar-refractivity contribution < 1.29 is 39.8 Å². The highest BCUT2D eigenvalue weighted by Crippen LogP contribution is 2.23. The zero-order valence-corrected chi connectivity index (χ0v) is 45.5. The minimum absolute atomic E-state index is 0.189. The fourth-order valence-electron chi connectivity index (χ4n) is 9.36. The summed E-state index contributed by atoms with van der Waals surface area (Å²) in [5.74, 6) is -0.189. The first-order valence-corrected chi connectivity index (χ1v) is 29.9. The second-order valence-electron chi connectivity index (χ2n) is 20.8. The third-order valence-electron chi connectivity index (χ3n) is 14.1. The number of ether oxygens (including phenoxy) is 2. The summed E-state index contributed by atoms with van der Waals surface area (Å²) in [6, 6.07) is -0.827. The van der Waals surface area contributed by atoms with Crippen LogP contribution in [0.4, 0.5) is 0 Å². The van der Waals surface area contributed by atoms with Gasteiger partial charge < -0.3 is 40.3 Å². The molecule has 0 spiro atoms. The number of hydrogen-bond donors (Lipinski definition) is 6. The van der Waals surface area contributed by atoms with Gasteiger partial charge in [0.25, 0.3) is 0 Å². The second-order valence-corrected chi connectivity index (χ2v) is 20.8. The molecule has 0 aromatic carbocycles. The largest absolute Gasteiger partial charge is 0.394 e. The lowest BCUT2D eigenvalue weighted by atomic mass is 9.99. The summed E-state index contributed by atoms with van der Waals surface area (Å²) >= 11 is 0. The highest BCUT2D eigenvalue weighted by atomic mass is 16.7. The zero-order valence-electron chi connectivity index (χ0n) is 45.5. The van der Waals surface area contributed by atoms with Gasteiger partial charge in [-0.25, -0.2) is 0 Å². The maximum atomic E-state index is 13.0. The molecule has 0 radical (unpaired) electrons. The van der Waals surface area contributed by atoms with Gasteiger partial charge in [0, 0.05) is 6.42 Å². The number of hydrogen-bond acceptors (Lipinski definition) is 8. The number of rotatable bonds is 51. The van der Waals surface area contributed by atoms with Crippen molar-refractivity contribution >= 4 is 5.91 Å². The molecule has 9 heteroatoms. The molecule has 0 aromatic rings. The van der Waals surface area contributed by atoms with E-state index in [1.54, 1.807) is 6.08 Å². The molecule has 1 saturated heterocycles. The first-order valence-electron chi connectivity index (χ1n) is 29.9. The number of unbranched alkanes of at least 4 members (excludes halogenated alkanes) is 35. The van der Waals surface area contributed by atoms with Gasteiger partial charge in [-0.15, -0.1) is 0 Å². The van der Waals surface area contributed by atoms with Gasteiger partial charge in [0.2, 0.25) is 5.91 Å². The molecule has 410 valence electrons. The van der Waals surface area contributed by atoms with Crippen LogP contribution in [0.1, 0.15) is 277 Å². The summed E-state index contributed by atoms with van der Waals surface area (Å²) in [7, 11) is 0. The van der Waals surface area contributed by atoms with Crippen molar-refractivity contribution in [2.75, 3.05) is 13.2 Å². The molecular formula is C61H113NO8. The van der Waals surface area contributed by atoms with Crippen LogP contribution in [0, 0.1) is 0 Å². The van der Waals surface area contributed by atoms with E-state index in [9.17, 15) is 30.3 Å². The summed E-state index contributed by atoms with van der Waals surface area (Å²) in [5, 5.41) is 54.4. The number of carbonyl (C=O) groups is 1. The fraction of sp³-hybridized carbons (Fsp3) is 0.852. The molecule has 0 aromatic heterocycles. The lowest BCUT2D eigenvalue weighted by molar-refractivity contribution is -0.302. The van der Waals surface area contributed by atoms with Crippen LogP contribution >= 0.6 is 0 Å². The average Bonchev–Trinajstić information content (AvgIpc) is 3.36. The molecule has 1 fully saturated rings. The van der Waals surface area contributed by atoms with Crippen LogP contribution in [-0.4, -0.2) is 87.5 Å². The fourth-order valence-corrected chi connectivity index (χ4v) is 9.36. The maximum Gasteiger partial charge on any atom is 0.220 e. The predicted molar refractivity (Wildman–Crippen MR) is 295 cm³/mol. The molecule has 0 bridgehead atoms. The lowest BCUT2D eigenvalue weighted by Crippen LogP contribution is -2.60. The SMILES string of the molecule is CCCCCC/C=C/CC/C=C/CC/C=C/C(O)C(COC1OC(CO)C(O)C(O)C1O)NC(=O)CCCCCCCCCCCCCCCCCCC/C=C\CCCCCCCCCCCCCC. The average molecular weight is 989 g/mol. The Labute approximate surface area is 431 Å². The van der Waals surface area contributed by atoms with Crippen LogP contribution < -0.4 is 5.32 Å². The Bertz CT molecular complexity index is 1240. The summed E-state index contributed by atoms with van der Waals surface area (Å²) in [6.07, 6.45) is 60.6. The van der Waals surface area contributed by atoms with Gasteiger partial charge in [0.05, 0.1) is 25.4 Å². The number of allylic oxidation sites excluding steroid dienone is 7. The van der Waals surface area contributed by atoms with Crippen molar-refractivity contribution in [3.05, 3.63) is 48.6 Å². The quantitative estimate of drug-likeness (QED) is 0.0261. The number of nitrogens with one attached hydrogen (secondary N) is 1. The third-order valence-corrected chi connectivity index (χ3v) is 14.1. The molecule has 1 amide bonds. The van der Waals surface area contributed by atoms with E-state index < -0.39 is 49.5 Å². The summed E-state index contributed by atoms with van der Waals surface area (Å²) in [4.78, 5) is 13.0. The first-order chi connectivity index (χ1) is 34.3. The maximum absolute atomic E-state index is 13.0. The molecule has 70 heavy (non-hydrogen) atoms. The van der Waals surface area contributed by atoms with Gasteiger partial charge in [0.1, 0.15) is 24.4 Å². The van der Waals surface area contributed by atoms with Crippen LogP contribution in [0.2, 0.25) is 0 Å². The van der Waals surface area contributed by atoms with Gasteiger partial charge >= 0.3 is 0 Å². The smallest absolute Gasteiger partial charge is 0.220 e. The van der Waals surface area contributed by atoms with Crippen molar-refractivity contribution in [1.82, 2.24) is 5.32 Å². The van der Waals surface area contributed by atoms with Gasteiger partial charge in [-0.05, 0) is 70.6 Å². The Morgan fingerprint density at radius 1 is 0.471 bits per heavy atom. The number of aliphatic hydroxyl groups is 5. The van der Waals surface area contributed by atoms with Gasteiger partial charge in [-0.3, -0.25) is 4.79 Å². The van der Waals surface area contributed by atoms with E-state index in [1.165, 1.54) is 205 Å². The Morgan fingerprint density at radius 2 is 0.814 bits per heavy atom. The molecule has 9 nitrogen and oxygen atoms in total. The summed E-state index contributed by atoms with van der Waals surface area (Å²) in [5.41, 5.74) is 0. The zero-order chi connectivity index (χ0) is 50.8. The number of carbonyl (C=O) groups excluding carboxylic acids is 1. The van der Waals surface area contributed by atoms with Gasteiger partial charge in [0.15, 0.2) is 6.29 Å². The first kappa shape index (κ1) is 66.2. The molecule has 0 saturated carbocycles. The highest BCUT2D eigenvalue weighted by molar-refractivity contribution is 5.76. The van der Waals surface area contributed by atoms with Crippen molar-refractivity contribution in [3.63, 3.8) is 0 Å². The van der Waals surface area contributed by atoms with Crippen LogP contribution in [0.15, 0.2) is 48.6 Å². The second kappa shape index (κ2) is 50.7. The minimum Gasteiger partial charge on any atom is -0.394 e. The van der Waals surface area contributed by atoms with E-state index in [4.69, 9.17) is 9.47 Å². The predicted octanol–water partition coefficient (Wildman–Crippen LogP) is 14.9. The molecule has 1 rings (SSSR count). The van der Waals surface area contributed by atoms with Crippen LogP contribution in [0.25, 0.3) is 0 Å². The third kappa shape index (κ3) is 39.7. The number of aliphatic hydroxyl groups excluding tert-OH is 5. The van der Waals surface area contributed by atoms with E-state index in [0.717, 1.165) is 51.4 Å². The Balaban J connectivity index is 2.12. The minimum atomic E-state index is -1.57. The van der Waals surface area contributed by atoms with Crippen molar-refractivity contribution in [2.24, 2.45) is 0 Å². The molecular weight excluding hydrogens is 875 g/mol. The van der Waals surface area contributed by atoms with E-state index in [2.05, 4.69) is 55.6 Å². The molecule has 1 aliphatic heterocycles. The van der Waals surface area contributed by atoms with E-state index in [-0.39, 0.29) is 12.5 Å². The topological polar surface area (TPSA) is 149 Å². The Morgan fingerprint density at radius 3 is 1.21 bits per heavy atom. The van der Waals surface area contributed by atoms with Crippen molar-refractivity contribution in [2.45, 2.75) is 320 Å². The van der Waals surface area contributed by atoms with Crippen LogP contribution in [0.5, 0.6) is 0 Å². The Hall–Kier alpha value is -1.85. The van der Waals surface area contributed by atoms with E-state index >= 15 is 0 Å². The Kier molecular flexibility index (Phi) is 47.9. The molecule has 1 aliphatic rings. The summed E-state index contributed by atoms with van der Waals surface area (Å²) < 4.78 is 11.2. The van der Waals surface area contributed by atoms with E-state index in [1.807, 2.05) is 6.08 Å². The van der Waals surface area contributed by atoms with Crippen molar-refractivity contribution in [1.29, 1.82) is 0 Å². The molecule has 6 N–H and O–H groups in total. The molecule has 0 aliphatic carbocycles. The normalized spacial score (nSPS) is 19.7. The van der Waals surface area contributed by atoms with Crippen LogP contribution in [0.3, 0.4) is 0 Å². The van der Waals surface area contributed by atoms with Crippen molar-refractivity contribution in [3.8, 4) is 0 Å². The van der Waals surface area contributed by atoms with Crippen LogP contribution in [-0.2, 0) is 14.3 Å². The summed E-state index contributed by atoms with van der Waals surface area (Å²) in [6.45, 7) is 3.75. The van der Waals surface area contributed by atoms with E-state index in [0.29, 0.717) is 6.42 Å². The number of amides is 1. The lowest BCUT2D eigenvalue weighted by Gasteiger charge is -2.40. The molecule has 1 heterocycles. The monoisotopic (exact) mass is 988 g/mol. The van der Waals surface area contributed by atoms with Gasteiger partial charge in [-0.2, -0.15) is 0 Å². The highest BCUT2D eigenvalue weighted by Gasteiger charge is 2.44. The molecule has 7 unspecified atom stereocenters. The van der Waals surface area contributed by atoms with Gasteiger partial charge in [-0.1, -0.05) is 249 Å².